The maximum Gasteiger partial charge on any atom is 0.490 e. The fourth-order valence-electron chi connectivity index (χ4n) is 9.57. The van der Waals surface area contributed by atoms with Crippen molar-refractivity contribution >= 4 is 28.6 Å². The van der Waals surface area contributed by atoms with E-state index in [-0.39, 0.29) is 9.34 Å². The molecule has 10 atom stereocenters. The highest BCUT2D eigenvalue weighted by molar-refractivity contribution is 14.1. The SMILES string of the molecule is CC(C)CCC[C@@H](C)[C@@H]1CC[C@@H]2[C@@H]3CC[C@H]4C[C@H](I)[C@H](OC(=O)C(F)(F)F)C[C@]4(C)[C@@H]3CC[C@]21C. The molecule has 4 aliphatic rings. The number of ether oxygens (including phenoxy) is 1. The molecule has 35 heavy (non-hydrogen) atoms. The van der Waals surface area contributed by atoms with Crippen molar-refractivity contribution in [2.45, 2.75) is 121 Å². The predicted molar refractivity (Wildman–Crippen MR) is 142 cm³/mol. The molecule has 0 radical (unpaired) electrons. The molecule has 0 aromatic carbocycles. The van der Waals surface area contributed by atoms with E-state index in [4.69, 9.17) is 4.74 Å². The van der Waals surface area contributed by atoms with Crippen molar-refractivity contribution in [3.63, 3.8) is 0 Å². The first-order valence-corrected chi connectivity index (χ1v) is 15.4. The second-order valence-electron chi connectivity index (χ2n) is 13.6. The number of hydrogen-bond acceptors (Lipinski definition) is 2. The van der Waals surface area contributed by atoms with Crippen molar-refractivity contribution < 1.29 is 22.7 Å². The number of carbonyl (C=O) groups excluding carboxylic acids is 1. The maximum atomic E-state index is 13.0. The molecule has 0 N–H and O–H groups in total. The van der Waals surface area contributed by atoms with Gasteiger partial charge in [-0.25, -0.2) is 4.79 Å². The van der Waals surface area contributed by atoms with E-state index < -0.39 is 18.2 Å². The highest BCUT2D eigenvalue weighted by Crippen LogP contribution is 2.68. The van der Waals surface area contributed by atoms with Crippen LogP contribution in [-0.2, 0) is 9.53 Å². The Morgan fingerprint density at radius 2 is 1.69 bits per heavy atom. The van der Waals surface area contributed by atoms with Gasteiger partial charge in [0.15, 0.2) is 0 Å². The van der Waals surface area contributed by atoms with E-state index in [1.165, 1.54) is 57.8 Å². The average molecular weight is 611 g/mol. The standard InChI is InChI=1S/C29H46F3IO2/c1-17(2)7-6-8-18(3)21-11-12-22-20-10-9-19-15-24(33)25(35-26(34)29(30,31)32)16-28(19,5)23(20)13-14-27(21,22)4/h17-25H,6-16H2,1-5H3/t18-,19+,20+,21+,22-,23-,24+,25-,27+,28+/m1/s1. The van der Waals surface area contributed by atoms with Gasteiger partial charge in [0.1, 0.15) is 6.10 Å². The van der Waals surface area contributed by atoms with Crippen molar-refractivity contribution in [3.05, 3.63) is 0 Å². The maximum absolute atomic E-state index is 13.0. The second-order valence-corrected chi connectivity index (χ2v) is 15.2. The zero-order valence-corrected chi connectivity index (χ0v) is 24.5. The molecule has 0 unspecified atom stereocenters. The monoisotopic (exact) mass is 610 g/mol. The minimum absolute atomic E-state index is 0.0244. The molecule has 0 spiro atoms. The molecule has 2 nitrogen and oxygen atoms in total. The quantitative estimate of drug-likeness (QED) is 0.171. The van der Waals surface area contributed by atoms with Gasteiger partial charge in [-0.05, 0) is 104 Å². The first kappa shape index (κ1) is 28.0. The van der Waals surface area contributed by atoms with Gasteiger partial charge < -0.3 is 4.74 Å². The molecule has 0 bridgehead atoms. The van der Waals surface area contributed by atoms with Crippen molar-refractivity contribution in [2.75, 3.05) is 0 Å². The van der Waals surface area contributed by atoms with Crippen LogP contribution in [0.15, 0.2) is 0 Å². The van der Waals surface area contributed by atoms with E-state index in [1.54, 1.807) is 0 Å². The largest absolute Gasteiger partial charge is 0.490 e. The predicted octanol–water partition coefficient (Wildman–Crippen LogP) is 9.00. The van der Waals surface area contributed by atoms with Crippen LogP contribution in [0.25, 0.3) is 0 Å². The van der Waals surface area contributed by atoms with Gasteiger partial charge in [0.25, 0.3) is 0 Å². The first-order chi connectivity index (χ1) is 16.3. The molecular weight excluding hydrogens is 564 g/mol. The lowest BCUT2D eigenvalue weighted by molar-refractivity contribution is -0.211. The Hall–Kier alpha value is -0.0100. The summed E-state index contributed by atoms with van der Waals surface area (Å²) in [5.74, 6) is 2.83. The lowest BCUT2D eigenvalue weighted by atomic mass is 9.44. The lowest BCUT2D eigenvalue weighted by Gasteiger charge is -2.62. The number of halogens is 4. The summed E-state index contributed by atoms with van der Waals surface area (Å²) in [5, 5.41) is 0. The number of hydrogen-bond donors (Lipinski definition) is 0. The van der Waals surface area contributed by atoms with Crippen LogP contribution in [0.5, 0.6) is 0 Å². The Morgan fingerprint density at radius 3 is 2.34 bits per heavy atom. The van der Waals surface area contributed by atoms with E-state index in [2.05, 4.69) is 57.2 Å². The first-order valence-electron chi connectivity index (χ1n) is 14.2. The third-order valence-electron chi connectivity index (χ3n) is 11.3. The van der Waals surface area contributed by atoms with Gasteiger partial charge in [0.2, 0.25) is 0 Å². The number of fused-ring (bicyclic) bond motifs is 5. The molecule has 202 valence electrons. The van der Waals surface area contributed by atoms with E-state index in [1.807, 2.05) is 0 Å². The summed E-state index contributed by atoms with van der Waals surface area (Å²) in [6.45, 7) is 12.0. The minimum atomic E-state index is -4.92. The van der Waals surface area contributed by atoms with Crippen molar-refractivity contribution in [3.8, 4) is 0 Å². The zero-order valence-electron chi connectivity index (χ0n) is 22.3. The molecule has 4 rings (SSSR count). The Bertz CT molecular complexity index is 770. The summed E-state index contributed by atoms with van der Waals surface area (Å²) in [6.07, 6.45) is 7.45. The van der Waals surface area contributed by atoms with E-state index >= 15 is 0 Å². The van der Waals surface area contributed by atoms with Crippen LogP contribution in [0, 0.1) is 52.3 Å². The fourth-order valence-corrected chi connectivity index (χ4v) is 10.6. The van der Waals surface area contributed by atoms with Crippen LogP contribution in [-0.4, -0.2) is 22.2 Å². The fraction of sp³-hybridized carbons (Fsp3) is 0.966. The van der Waals surface area contributed by atoms with Crippen molar-refractivity contribution in [1.82, 2.24) is 0 Å². The number of rotatable bonds is 6. The molecule has 0 amide bonds. The number of carbonyl (C=O) groups is 1. The van der Waals surface area contributed by atoms with Gasteiger partial charge in [-0.2, -0.15) is 13.2 Å². The van der Waals surface area contributed by atoms with Gasteiger partial charge in [-0.1, -0.05) is 76.5 Å². The molecule has 0 saturated heterocycles. The summed E-state index contributed by atoms with van der Waals surface area (Å²) in [7, 11) is 0. The van der Waals surface area contributed by atoms with Crippen LogP contribution >= 0.6 is 22.6 Å². The van der Waals surface area contributed by atoms with Crippen molar-refractivity contribution in [2.24, 2.45) is 52.3 Å². The Morgan fingerprint density at radius 1 is 1.00 bits per heavy atom. The van der Waals surface area contributed by atoms with Gasteiger partial charge in [0, 0.05) is 3.92 Å². The Kier molecular flexibility index (Phi) is 8.23. The molecule has 6 heteroatoms. The summed E-state index contributed by atoms with van der Waals surface area (Å²) >= 11 is 2.23. The molecule has 4 fully saturated rings. The molecule has 0 aromatic rings. The van der Waals surface area contributed by atoms with Gasteiger partial charge in [0.05, 0.1) is 0 Å². The minimum Gasteiger partial charge on any atom is -0.455 e. The average Bonchev–Trinajstić information content (AvgIpc) is 3.11. The molecular formula is C29H46F3IO2. The van der Waals surface area contributed by atoms with Crippen LogP contribution in [0.4, 0.5) is 13.2 Å². The third-order valence-corrected chi connectivity index (χ3v) is 12.6. The highest BCUT2D eigenvalue weighted by atomic mass is 127. The lowest BCUT2D eigenvalue weighted by Crippen LogP contribution is -2.56. The van der Waals surface area contributed by atoms with E-state index in [0.29, 0.717) is 29.6 Å². The molecule has 0 aliphatic heterocycles. The summed E-state index contributed by atoms with van der Waals surface area (Å²) < 4.78 is 43.9. The van der Waals surface area contributed by atoms with Crippen LogP contribution in [0.2, 0.25) is 0 Å². The molecule has 4 saturated carbocycles. The van der Waals surface area contributed by atoms with Crippen LogP contribution in [0.1, 0.15) is 105 Å². The van der Waals surface area contributed by atoms with Gasteiger partial charge in [-0.15, -0.1) is 0 Å². The molecule has 4 aliphatic carbocycles. The summed E-state index contributed by atoms with van der Waals surface area (Å²) in [6, 6.07) is 0. The summed E-state index contributed by atoms with van der Waals surface area (Å²) in [5.41, 5.74) is 0.383. The normalized spacial score (nSPS) is 44.3. The number of esters is 1. The Labute approximate surface area is 224 Å². The highest BCUT2D eigenvalue weighted by Gasteiger charge is 2.62. The van der Waals surface area contributed by atoms with Crippen LogP contribution in [0.3, 0.4) is 0 Å². The Balaban J connectivity index is 1.48. The van der Waals surface area contributed by atoms with Crippen LogP contribution < -0.4 is 0 Å². The third kappa shape index (κ3) is 5.30. The molecule has 0 aromatic heterocycles. The summed E-state index contributed by atoms with van der Waals surface area (Å²) in [4.78, 5) is 11.7. The zero-order chi connectivity index (χ0) is 25.8. The van der Waals surface area contributed by atoms with Crippen molar-refractivity contribution in [1.29, 1.82) is 0 Å². The second kappa shape index (κ2) is 10.3. The number of alkyl halides is 4. The van der Waals surface area contributed by atoms with Gasteiger partial charge in [-0.3, -0.25) is 0 Å². The van der Waals surface area contributed by atoms with E-state index in [9.17, 15) is 18.0 Å². The molecule has 0 heterocycles. The smallest absolute Gasteiger partial charge is 0.455 e. The topological polar surface area (TPSA) is 26.3 Å². The van der Waals surface area contributed by atoms with Gasteiger partial charge >= 0.3 is 12.1 Å². The van der Waals surface area contributed by atoms with E-state index in [0.717, 1.165) is 30.1 Å².